The lowest BCUT2D eigenvalue weighted by Crippen LogP contribution is -2.22. The van der Waals surface area contributed by atoms with E-state index in [2.05, 4.69) is 72.3 Å². The van der Waals surface area contributed by atoms with Gasteiger partial charge in [0.1, 0.15) is 0 Å². The fourth-order valence-corrected chi connectivity index (χ4v) is 7.63. The average Bonchev–Trinajstić information content (AvgIpc) is 3.96. The molecular formula is C35H39BrN4O8P2. The van der Waals surface area contributed by atoms with Gasteiger partial charge in [-0.25, -0.2) is 9.13 Å². The van der Waals surface area contributed by atoms with E-state index in [-0.39, 0.29) is 19.1 Å². The van der Waals surface area contributed by atoms with Gasteiger partial charge in [0.15, 0.2) is 0 Å². The summed E-state index contributed by atoms with van der Waals surface area (Å²) in [4.78, 5) is 14.4. The highest BCUT2D eigenvalue weighted by Crippen LogP contribution is 2.49. The molecule has 0 unspecified atom stereocenters. The summed E-state index contributed by atoms with van der Waals surface area (Å²) < 4.78 is 57.9. The minimum absolute atomic E-state index is 0.0376. The van der Waals surface area contributed by atoms with Gasteiger partial charge in [-0.2, -0.15) is 0 Å². The Bertz CT molecular complexity index is 2240. The first-order valence-corrected chi connectivity index (χ1v) is 19.5. The SMILES string of the molecule is COP(=O)(OC)OCCC(CCOP(=O)(OC)OC)C1=c2ccc([nH]2)=C(c2ccc(Br)cc2)c2ccc([nH]2)C=c2ccc([nH]2)=Cc2ccc1[nH]2. The lowest BCUT2D eigenvalue weighted by atomic mass is 9.90. The Labute approximate surface area is 297 Å². The summed E-state index contributed by atoms with van der Waals surface area (Å²) in [5.74, 6) is -0.281. The van der Waals surface area contributed by atoms with Crippen molar-refractivity contribution < 1.29 is 36.3 Å². The van der Waals surface area contributed by atoms with Gasteiger partial charge in [-0.1, -0.05) is 28.1 Å². The first-order valence-electron chi connectivity index (χ1n) is 15.8. The molecule has 0 atom stereocenters. The standard InChI is InChI=1S/C35H39BrN4O8P2/c1-43-49(41,44-2)47-19-17-24(18-20-48-50(42,45-3)46-4)35-31-14-12-29(39-31)22-27-10-9-26(37-27)21-28-11-13-30(38-28)34(32-15-16-33(35)40-32)23-5-7-25(36)8-6-23/h5-16,21-22,24,37-40H,17-20H2,1-4H3. The number of phosphoric ester groups is 2. The maximum Gasteiger partial charge on any atom is 0.474 e. The third-order valence-corrected chi connectivity index (χ3v) is 11.8. The van der Waals surface area contributed by atoms with E-state index in [0.717, 1.165) is 65.4 Å². The van der Waals surface area contributed by atoms with Crippen molar-refractivity contribution in [2.45, 2.75) is 12.8 Å². The van der Waals surface area contributed by atoms with Gasteiger partial charge < -0.3 is 19.9 Å². The van der Waals surface area contributed by atoms with Crippen LogP contribution in [0.1, 0.15) is 41.2 Å². The van der Waals surface area contributed by atoms with E-state index in [4.69, 9.17) is 27.1 Å². The number of fused-ring (bicyclic) bond motifs is 8. The van der Waals surface area contributed by atoms with Gasteiger partial charge >= 0.3 is 15.6 Å². The predicted octanol–water partition coefficient (Wildman–Crippen LogP) is 5.41. The number of rotatable bonds is 14. The van der Waals surface area contributed by atoms with Gasteiger partial charge in [0.2, 0.25) is 0 Å². The van der Waals surface area contributed by atoms with Crippen LogP contribution in [0.5, 0.6) is 0 Å². The molecule has 15 heteroatoms. The Morgan fingerprint density at radius 2 is 1.12 bits per heavy atom. The lowest BCUT2D eigenvalue weighted by Gasteiger charge is -2.22. The van der Waals surface area contributed by atoms with Gasteiger partial charge in [0, 0.05) is 88.2 Å². The molecule has 1 aliphatic rings. The number of nitrogens with one attached hydrogen (secondary N) is 4. The van der Waals surface area contributed by atoms with E-state index in [1.54, 1.807) is 0 Å². The summed E-state index contributed by atoms with van der Waals surface area (Å²) in [6.45, 7) is 0.0751. The minimum Gasteiger partial charge on any atom is -0.355 e. The fraction of sp³-hybridized carbons (Fsp3) is 0.257. The van der Waals surface area contributed by atoms with E-state index in [9.17, 15) is 9.13 Å². The highest BCUT2D eigenvalue weighted by molar-refractivity contribution is 9.10. The van der Waals surface area contributed by atoms with Crippen molar-refractivity contribution in [2.75, 3.05) is 41.7 Å². The van der Waals surface area contributed by atoms with Gasteiger partial charge in [-0.05, 0) is 97.1 Å². The molecule has 50 heavy (non-hydrogen) atoms. The van der Waals surface area contributed by atoms with Crippen molar-refractivity contribution in [1.82, 2.24) is 19.9 Å². The third kappa shape index (κ3) is 8.35. The van der Waals surface area contributed by atoms with E-state index in [0.29, 0.717) is 12.8 Å². The van der Waals surface area contributed by atoms with Gasteiger partial charge in [-0.3, -0.25) is 27.1 Å². The molecule has 12 nitrogen and oxygen atoms in total. The minimum atomic E-state index is -3.74. The first kappa shape index (κ1) is 36.3. The molecule has 0 radical (unpaired) electrons. The van der Waals surface area contributed by atoms with Crippen LogP contribution in [-0.2, 0) is 36.3 Å². The van der Waals surface area contributed by atoms with Crippen LogP contribution in [0.15, 0.2) is 77.3 Å². The highest BCUT2D eigenvalue weighted by Gasteiger charge is 2.28. The topological polar surface area (TPSA) is 153 Å². The number of aromatic nitrogens is 4. The number of halogens is 1. The van der Waals surface area contributed by atoms with Crippen LogP contribution in [0.3, 0.4) is 0 Å². The molecule has 1 aliphatic heterocycles. The third-order valence-electron chi connectivity index (χ3n) is 8.44. The van der Waals surface area contributed by atoms with Crippen molar-refractivity contribution >= 4 is 54.9 Å². The van der Waals surface area contributed by atoms with Gasteiger partial charge in [0.25, 0.3) is 0 Å². The Hall–Kier alpha value is -3.48. The predicted molar refractivity (Wildman–Crippen MR) is 195 cm³/mol. The summed E-state index contributed by atoms with van der Waals surface area (Å²) in [6.07, 6.45) is 4.87. The molecule has 0 spiro atoms. The van der Waals surface area contributed by atoms with E-state index < -0.39 is 15.6 Å². The summed E-state index contributed by atoms with van der Waals surface area (Å²) in [5.41, 5.74) is 6.51. The molecule has 0 amide bonds. The maximum absolute atomic E-state index is 12.8. The number of hydrogen-bond donors (Lipinski definition) is 4. The van der Waals surface area contributed by atoms with E-state index in [1.165, 1.54) is 28.4 Å². The van der Waals surface area contributed by atoms with E-state index in [1.807, 2.05) is 48.5 Å². The maximum atomic E-state index is 12.8. The molecule has 6 rings (SSSR count). The van der Waals surface area contributed by atoms with Crippen LogP contribution in [0, 0.1) is 5.92 Å². The van der Waals surface area contributed by atoms with Crippen LogP contribution >= 0.6 is 31.6 Å². The Morgan fingerprint density at radius 1 is 0.600 bits per heavy atom. The van der Waals surface area contributed by atoms with Crippen molar-refractivity contribution in [1.29, 1.82) is 0 Å². The summed E-state index contributed by atoms with van der Waals surface area (Å²) >= 11 is 3.57. The quantitative estimate of drug-likeness (QED) is 0.109. The van der Waals surface area contributed by atoms with Crippen molar-refractivity contribution in [3.05, 3.63) is 127 Å². The number of aromatic amines is 4. The smallest absolute Gasteiger partial charge is 0.355 e. The normalized spacial score (nSPS) is 13.5. The number of phosphoric acid groups is 2. The second kappa shape index (κ2) is 15.8. The van der Waals surface area contributed by atoms with Gasteiger partial charge in [-0.15, -0.1) is 0 Å². The molecule has 0 saturated heterocycles. The molecule has 5 aromatic rings. The molecule has 0 fully saturated rings. The average molecular weight is 786 g/mol. The van der Waals surface area contributed by atoms with Crippen molar-refractivity contribution in [3.8, 4) is 0 Å². The molecule has 1 aromatic carbocycles. The van der Waals surface area contributed by atoms with Crippen molar-refractivity contribution in [3.63, 3.8) is 0 Å². The van der Waals surface area contributed by atoms with Crippen LogP contribution in [-0.4, -0.2) is 61.6 Å². The molecule has 5 heterocycles. The van der Waals surface area contributed by atoms with Crippen LogP contribution in [0.2, 0.25) is 0 Å². The number of H-pyrrole nitrogens is 4. The second-order valence-electron chi connectivity index (χ2n) is 11.5. The molecule has 4 aromatic heterocycles. The first-order chi connectivity index (χ1) is 24.1. The zero-order valence-electron chi connectivity index (χ0n) is 28.0. The summed E-state index contributed by atoms with van der Waals surface area (Å²) in [6, 6.07) is 24.5. The molecule has 8 bridgehead atoms. The largest absolute Gasteiger partial charge is 0.474 e. The molecule has 0 aliphatic carbocycles. The van der Waals surface area contributed by atoms with E-state index >= 15 is 0 Å². The second-order valence-corrected chi connectivity index (χ2v) is 16.1. The lowest BCUT2D eigenvalue weighted by molar-refractivity contribution is 0.137. The zero-order chi connectivity index (χ0) is 35.3. The Balaban J connectivity index is 1.56. The van der Waals surface area contributed by atoms with Gasteiger partial charge in [0.05, 0.1) is 13.2 Å². The highest BCUT2D eigenvalue weighted by atomic mass is 79.9. The number of hydrogen-bond acceptors (Lipinski definition) is 8. The molecule has 0 saturated carbocycles. The summed E-state index contributed by atoms with van der Waals surface area (Å²) in [7, 11) is -2.39. The Morgan fingerprint density at radius 3 is 1.68 bits per heavy atom. The van der Waals surface area contributed by atoms with Crippen LogP contribution in [0.4, 0.5) is 0 Å². The fourth-order valence-electron chi connectivity index (χ4n) is 5.99. The monoisotopic (exact) mass is 784 g/mol. The van der Waals surface area contributed by atoms with Crippen LogP contribution in [0.25, 0.3) is 23.3 Å². The zero-order valence-corrected chi connectivity index (χ0v) is 31.4. The van der Waals surface area contributed by atoms with Crippen molar-refractivity contribution in [2.24, 2.45) is 5.92 Å². The number of benzene rings is 1. The van der Waals surface area contributed by atoms with Crippen LogP contribution < -0.4 is 21.4 Å². The molecule has 4 N–H and O–H groups in total. The summed E-state index contributed by atoms with van der Waals surface area (Å²) in [5, 5.41) is 3.61. The Kier molecular flexibility index (Phi) is 11.5. The molecule has 264 valence electrons. The molecular weight excluding hydrogens is 746 g/mol.